The summed E-state index contributed by atoms with van der Waals surface area (Å²) in [5.41, 5.74) is 1.31. The van der Waals surface area contributed by atoms with Gasteiger partial charge in [0, 0.05) is 10.3 Å². The van der Waals surface area contributed by atoms with E-state index in [0.717, 1.165) is 5.56 Å². The molecule has 0 saturated carbocycles. The fourth-order valence-corrected chi connectivity index (χ4v) is 6.12. The van der Waals surface area contributed by atoms with Crippen LogP contribution in [0.5, 0.6) is 0 Å². The van der Waals surface area contributed by atoms with E-state index in [-0.39, 0.29) is 6.61 Å². The minimum Gasteiger partial charge on any atom is -0.460 e. The van der Waals surface area contributed by atoms with E-state index in [1.807, 2.05) is 20.8 Å². The zero-order chi connectivity index (χ0) is 20.9. The molecule has 2 saturated heterocycles. The number of fused-ring (bicyclic) bond motifs is 1. The second kappa shape index (κ2) is 7.31. The van der Waals surface area contributed by atoms with Crippen molar-refractivity contribution in [3.63, 3.8) is 0 Å². The van der Waals surface area contributed by atoms with E-state index in [4.69, 9.17) is 4.74 Å². The minimum absolute atomic E-state index is 0.0523. The predicted octanol–water partition coefficient (Wildman–Crippen LogP) is 2.46. The van der Waals surface area contributed by atoms with E-state index in [1.54, 1.807) is 24.3 Å². The van der Waals surface area contributed by atoms with Crippen LogP contribution in [0.4, 0.5) is 0 Å². The first-order valence-electron chi connectivity index (χ1n) is 8.81. The third kappa shape index (κ3) is 3.11. The lowest BCUT2D eigenvalue weighted by Gasteiger charge is -2.51. The molecular formula is C20H22BrNO5S. The molecular weight excluding hydrogens is 446 g/mol. The Kier molecular flexibility index (Phi) is 5.51. The van der Waals surface area contributed by atoms with Crippen molar-refractivity contribution < 1.29 is 24.2 Å². The molecule has 4 atom stereocenters. The summed E-state index contributed by atoms with van der Waals surface area (Å²) in [7, 11) is 0. The van der Waals surface area contributed by atoms with E-state index < -0.39 is 44.3 Å². The fraction of sp³-hybridized carbons (Fsp3) is 0.450. The quantitative estimate of drug-likeness (QED) is 0.227. The van der Waals surface area contributed by atoms with Gasteiger partial charge in [-0.15, -0.1) is 11.8 Å². The Balaban J connectivity index is 1.86. The molecule has 0 spiro atoms. The molecule has 2 aliphatic rings. The first-order chi connectivity index (χ1) is 13.1. The van der Waals surface area contributed by atoms with Crippen LogP contribution in [0.1, 0.15) is 29.8 Å². The Bertz CT molecular complexity index is 840. The standard InChI is InChI=1S/C20H22BrNO5S/c1-5-10-27-16(25)14-19(3,4)28-18-20(21,17(26)22(14)18)15(24)13(23)12-8-6-11(2)7-9-12/h5-9,14-15,18,24H,1,10H2,2-4H3/t14-,15?,18+,20-/m0/s1. The van der Waals surface area contributed by atoms with E-state index in [2.05, 4.69) is 22.5 Å². The van der Waals surface area contributed by atoms with Crippen molar-refractivity contribution in [2.45, 2.75) is 47.4 Å². The zero-order valence-electron chi connectivity index (χ0n) is 15.8. The number of carbonyl (C=O) groups is 3. The molecule has 150 valence electrons. The number of nitrogens with zero attached hydrogens (tertiary/aromatic N) is 1. The number of Topliss-reactive ketones (excluding diaryl/α,β-unsaturated/α-hetero) is 1. The number of halogens is 1. The summed E-state index contributed by atoms with van der Waals surface area (Å²) in [6.45, 7) is 9.14. The predicted molar refractivity (Wildman–Crippen MR) is 110 cm³/mol. The lowest BCUT2D eigenvalue weighted by atomic mass is 9.84. The smallest absolute Gasteiger partial charge is 0.330 e. The van der Waals surface area contributed by atoms with Gasteiger partial charge in [0.2, 0.25) is 5.91 Å². The topological polar surface area (TPSA) is 83.9 Å². The molecule has 3 rings (SSSR count). The number of hydrogen-bond acceptors (Lipinski definition) is 6. The summed E-state index contributed by atoms with van der Waals surface area (Å²) >= 11 is 4.71. The monoisotopic (exact) mass is 467 g/mol. The number of amides is 1. The number of benzene rings is 1. The lowest BCUT2D eigenvalue weighted by molar-refractivity contribution is -0.166. The number of hydrogen-bond donors (Lipinski definition) is 1. The molecule has 28 heavy (non-hydrogen) atoms. The molecule has 1 aromatic rings. The van der Waals surface area contributed by atoms with Crippen LogP contribution in [-0.2, 0) is 14.3 Å². The minimum atomic E-state index is -1.57. The average Bonchev–Trinajstić information content (AvgIpc) is 2.94. The van der Waals surface area contributed by atoms with Crippen molar-refractivity contribution in [3.8, 4) is 0 Å². The molecule has 8 heteroatoms. The number of esters is 1. The Morgan fingerprint density at radius 3 is 2.57 bits per heavy atom. The van der Waals surface area contributed by atoms with Gasteiger partial charge in [-0.25, -0.2) is 4.79 Å². The Labute approximate surface area is 176 Å². The number of ketones is 1. The zero-order valence-corrected chi connectivity index (χ0v) is 18.2. The lowest BCUT2D eigenvalue weighted by Crippen LogP contribution is -2.75. The third-order valence-corrected chi connectivity index (χ3v) is 8.24. The number of ether oxygens (including phenoxy) is 1. The highest BCUT2D eigenvalue weighted by Crippen LogP contribution is 2.59. The highest BCUT2D eigenvalue weighted by Gasteiger charge is 2.74. The van der Waals surface area contributed by atoms with Gasteiger partial charge >= 0.3 is 5.97 Å². The van der Waals surface area contributed by atoms with E-state index >= 15 is 0 Å². The van der Waals surface area contributed by atoms with Gasteiger partial charge in [0.15, 0.2) is 10.1 Å². The third-order valence-electron chi connectivity index (χ3n) is 5.08. The van der Waals surface area contributed by atoms with Crippen LogP contribution < -0.4 is 0 Å². The molecule has 2 heterocycles. The molecule has 1 amide bonds. The van der Waals surface area contributed by atoms with Crippen LogP contribution in [0.25, 0.3) is 0 Å². The number of aliphatic hydroxyl groups excluding tert-OH is 1. The van der Waals surface area contributed by atoms with Gasteiger partial charge in [-0.2, -0.15) is 0 Å². The summed E-state index contributed by atoms with van der Waals surface area (Å²) in [4.78, 5) is 39.7. The summed E-state index contributed by atoms with van der Waals surface area (Å²) in [5, 5.41) is 10.2. The maximum Gasteiger partial charge on any atom is 0.330 e. The number of aliphatic hydroxyl groups is 1. The Morgan fingerprint density at radius 1 is 1.39 bits per heavy atom. The van der Waals surface area contributed by atoms with Crippen LogP contribution in [0.15, 0.2) is 36.9 Å². The summed E-state index contributed by atoms with van der Waals surface area (Å²) in [6.07, 6.45) is -0.114. The van der Waals surface area contributed by atoms with Gasteiger partial charge in [-0.1, -0.05) is 58.4 Å². The highest BCUT2D eigenvalue weighted by molar-refractivity contribution is 9.10. The Morgan fingerprint density at radius 2 is 2.00 bits per heavy atom. The van der Waals surface area contributed by atoms with Crippen molar-refractivity contribution in [2.75, 3.05) is 6.61 Å². The first-order valence-corrected chi connectivity index (χ1v) is 10.5. The molecule has 1 N–H and O–H groups in total. The molecule has 2 aliphatic heterocycles. The average molecular weight is 468 g/mol. The first kappa shape index (κ1) is 21.1. The number of carbonyl (C=O) groups excluding carboxylic acids is 3. The second-order valence-corrected chi connectivity index (χ2v) is 10.6. The number of thioether (sulfide) groups is 1. The number of aryl methyl sites for hydroxylation is 1. The van der Waals surface area contributed by atoms with Crippen molar-refractivity contribution in [3.05, 3.63) is 48.0 Å². The molecule has 0 aromatic heterocycles. The molecule has 6 nitrogen and oxygen atoms in total. The number of β-lactam (4-membered cyclic amide) rings is 1. The molecule has 2 fully saturated rings. The van der Waals surface area contributed by atoms with Gasteiger partial charge < -0.3 is 14.7 Å². The largest absolute Gasteiger partial charge is 0.460 e. The van der Waals surface area contributed by atoms with E-state index in [1.165, 1.54) is 22.7 Å². The molecule has 1 unspecified atom stereocenters. The summed E-state index contributed by atoms with van der Waals surface area (Å²) in [6, 6.07) is 5.99. The highest BCUT2D eigenvalue weighted by atomic mass is 79.9. The van der Waals surface area contributed by atoms with Gasteiger partial charge in [-0.05, 0) is 20.8 Å². The van der Waals surface area contributed by atoms with Crippen molar-refractivity contribution in [1.82, 2.24) is 4.90 Å². The van der Waals surface area contributed by atoms with Crippen molar-refractivity contribution in [2.24, 2.45) is 0 Å². The van der Waals surface area contributed by atoms with Gasteiger partial charge in [0.1, 0.15) is 24.1 Å². The molecule has 1 aromatic carbocycles. The number of rotatable bonds is 6. The van der Waals surface area contributed by atoms with Crippen molar-refractivity contribution >= 4 is 45.4 Å². The van der Waals surface area contributed by atoms with Crippen LogP contribution in [0, 0.1) is 6.92 Å². The van der Waals surface area contributed by atoms with Crippen molar-refractivity contribution in [1.29, 1.82) is 0 Å². The van der Waals surface area contributed by atoms with Crippen LogP contribution >= 0.6 is 27.7 Å². The SMILES string of the molecule is C=CCOC(=O)[C@@H]1N2C(=O)[C@@](Br)(C(O)C(=O)c3ccc(C)cc3)[C@H]2SC1(C)C. The van der Waals surface area contributed by atoms with Gasteiger partial charge in [-0.3, -0.25) is 9.59 Å². The maximum atomic E-state index is 13.0. The molecule has 0 aliphatic carbocycles. The van der Waals surface area contributed by atoms with Crippen LogP contribution in [-0.4, -0.2) is 60.9 Å². The maximum absolute atomic E-state index is 13.0. The van der Waals surface area contributed by atoms with Gasteiger partial charge in [0.25, 0.3) is 0 Å². The van der Waals surface area contributed by atoms with E-state index in [0.29, 0.717) is 5.56 Å². The molecule has 0 bridgehead atoms. The van der Waals surface area contributed by atoms with Gasteiger partial charge in [0.05, 0.1) is 0 Å². The fourth-order valence-electron chi connectivity index (χ4n) is 3.56. The Hall–Kier alpha value is -1.64. The molecule has 0 radical (unpaired) electrons. The second-order valence-electron chi connectivity index (χ2n) is 7.51. The van der Waals surface area contributed by atoms with Crippen LogP contribution in [0.3, 0.4) is 0 Å². The number of alkyl halides is 1. The summed E-state index contributed by atoms with van der Waals surface area (Å²) < 4.78 is 3.04. The van der Waals surface area contributed by atoms with Crippen LogP contribution in [0.2, 0.25) is 0 Å². The normalized spacial score (nSPS) is 28.9. The summed E-state index contributed by atoms with van der Waals surface area (Å²) in [5.74, 6) is -1.56. The van der Waals surface area contributed by atoms with E-state index in [9.17, 15) is 19.5 Å².